The standard InChI is InChI=1S/C17H11ClF6N6O/c1-8(12-28-14(18)30(29-12)15-25-3-2-4-26-15)27-13(31)9-5-10(16(19,20)21)7-11(6-9)17(22,23)24/h2-8H,1H3,(H,27,31). The average molecular weight is 465 g/mol. The van der Waals surface area contributed by atoms with Crippen molar-refractivity contribution in [2.45, 2.75) is 25.3 Å². The number of carbonyl (C=O) groups excluding carboxylic acids is 1. The second kappa shape index (κ2) is 8.13. The minimum Gasteiger partial charge on any atom is -0.342 e. The Morgan fingerprint density at radius 3 is 2.10 bits per heavy atom. The van der Waals surface area contributed by atoms with E-state index in [0.717, 1.165) is 4.68 Å². The van der Waals surface area contributed by atoms with Crippen LogP contribution in [0.15, 0.2) is 36.7 Å². The van der Waals surface area contributed by atoms with Gasteiger partial charge in [-0.2, -0.15) is 36.0 Å². The molecule has 3 rings (SSSR count). The zero-order chi connectivity index (χ0) is 23.0. The largest absolute Gasteiger partial charge is 0.416 e. The number of carbonyl (C=O) groups is 1. The normalized spacial score (nSPS) is 13.2. The SMILES string of the molecule is CC(NC(=O)c1cc(C(F)(F)F)cc(C(F)(F)F)c1)c1nc(Cl)n(-c2ncccn2)n1. The molecule has 0 saturated carbocycles. The number of rotatable bonds is 4. The number of nitrogens with zero attached hydrogens (tertiary/aromatic N) is 5. The number of hydrogen-bond acceptors (Lipinski definition) is 5. The highest BCUT2D eigenvalue weighted by Crippen LogP contribution is 2.36. The number of nitrogens with one attached hydrogen (secondary N) is 1. The quantitative estimate of drug-likeness (QED) is 0.584. The first-order valence-electron chi connectivity index (χ1n) is 8.36. The third kappa shape index (κ3) is 5.10. The van der Waals surface area contributed by atoms with Gasteiger partial charge >= 0.3 is 12.4 Å². The third-order valence-electron chi connectivity index (χ3n) is 3.91. The molecule has 3 aromatic rings. The first-order valence-corrected chi connectivity index (χ1v) is 8.74. The van der Waals surface area contributed by atoms with Crippen LogP contribution < -0.4 is 5.32 Å². The summed E-state index contributed by atoms with van der Waals surface area (Å²) in [5, 5.41) is 6.10. The van der Waals surface area contributed by atoms with Crippen LogP contribution in [0.2, 0.25) is 5.28 Å². The summed E-state index contributed by atoms with van der Waals surface area (Å²) >= 11 is 5.97. The Morgan fingerprint density at radius 2 is 1.58 bits per heavy atom. The summed E-state index contributed by atoms with van der Waals surface area (Å²) in [4.78, 5) is 24.1. The first kappa shape index (κ1) is 22.5. The van der Waals surface area contributed by atoms with Crippen LogP contribution in [0.4, 0.5) is 26.3 Å². The Labute approximate surface area is 175 Å². The molecule has 0 radical (unpaired) electrons. The van der Waals surface area contributed by atoms with Crippen molar-refractivity contribution in [1.82, 2.24) is 30.0 Å². The van der Waals surface area contributed by atoms with Gasteiger partial charge in [-0.15, -0.1) is 5.10 Å². The van der Waals surface area contributed by atoms with Crippen molar-refractivity contribution in [1.29, 1.82) is 0 Å². The molecule has 1 aromatic carbocycles. The van der Waals surface area contributed by atoms with Crippen LogP contribution in [0.1, 0.15) is 40.3 Å². The Morgan fingerprint density at radius 1 is 1.03 bits per heavy atom. The number of aromatic nitrogens is 5. The van der Waals surface area contributed by atoms with Gasteiger partial charge < -0.3 is 5.32 Å². The van der Waals surface area contributed by atoms with Gasteiger partial charge in [-0.3, -0.25) is 4.79 Å². The summed E-state index contributed by atoms with van der Waals surface area (Å²) in [6.07, 6.45) is -7.33. The molecule has 1 N–H and O–H groups in total. The lowest BCUT2D eigenvalue weighted by atomic mass is 10.0. The van der Waals surface area contributed by atoms with E-state index < -0.39 is 41.0 Å². The Bertz CT molecular complexity index is 1070. The van der Waals surface area contributed by atoms with Crippen LogP contribution in [0.5, 0.6) is 0 Å². The third-order valence-corrected chi connectivity index (χ3v) is 4.16. The highest BCUT2D eigenvalue weighted by Gasteiger charge is 2.37. The van der Waals surface area contributed by atoms with Crippen LogP contribution in [-0.2, 0) is 12.4 Å². The summed E-state index contributed by atoms with van der Waals surface area (Å²) < 4.78 is 79.0. The molecule has 0 fully saturated rings. The molecule has 0 aliphatic heterocycles. The molecule has 2 aromatic heterocycles. The number of benzene rings is 1. The fourth-order valence-corrected chi connectivity index (χ4v) is 2.65. The van der Waals surface area contributed by atoms with Crippen LogP contribution in [0, 0.1) is 0 Å². The van der Waals surface area contributed by atoms with Crippen LogP contribution >= 0.6 is 11.6 Å². The van der Waals surface area contributed by atoms with E-state index in [1.54, 1.807) is 6.07 Å². The van der Waals surface area contributed by atoms with Gasteiger partial charge in [0.25, 0.3) is 11.9 Å². The van der Waals surface area contributed by atoms with Gasteiger partial charge in [-0.25, -0.2) is 9.97 Å². The Kier molecular flexibility index (Phi) is 5.89. The second-order valence-corrected chi connectivity index (χ2v) is 6.53. The summed E-state index contributed by atoms with van der Waals surface area (Å²) in [5.41, 5.74) is -4.04. The van der Waals surface area contributed by atoms with E-state index >= 15 is 0 Å². The minimum atomic E-state index is -5.08. The molecule has 0 bridgehead atoms. The van der Waals surface area contributed by atoms with Gasteiger partial charge in [0, 0.05) is 18.0 Å². The minimum absolute atomic E-state index is 0.0613. The van der Waals surface area contributed by atoms with Crippen LogP contribution in [-0.4, -0.2) is 30.6 Å². The van der Waals surface area contributed by atoms with E-state index in [9.17, 15) is 31.1 Å². The molecule has 0 aliphatic carbocycles. The maximum Gasteiger partial charge on any atom is 0.416 e. The molecule has 2 heterocycles. The fourth-order valence-electron chi connectivity index (χ4n) is 2.45. The lowest BCUT2D eigenvalue weighted by Crippen LogP contribution is -2.28. The van der Waals surface area contributed by atoms with E-state index in [1.165, 1.54) is 19.3 Å². The Hall–Kier alpha value is -3.22. The molecule has 1 atom stereocenters. The number of halogens is 7. The van der Waals surface area contributed by atoms with Gasteiger partial charge in [0.1, 0.15) is 0 Å². The van der Waals surface area contributed by atoms with E-state index in [1.807, 2.05) is 0 Å². The van der Waals surface area contributed by atoms with Crippen molar-refractivity contribution in [3.63, 3.8) is 0 Å². The topological polar surface area (TPSA) is 85.6 Å². The summed E-state index contributed by atoms with van der Waals surface area (Å²) in [7, 11) is 0. The highest BCUT2D eigenvalue weighted by atomic mass is 35.5. The van der Waals surface area contributed by atoms with E-state index in [0.29, 0.717) is 12.1 Å². The maximum atomic E-state index is 13.0. The molecule has 164 valence electrons. The fraction of sp³-hybridized carbons (Fsp3) is 0.235. The molecule has 0 saturated heterocycles. The summed E-state index contributed by atoms with van der Waals surface area (Å²) in [6, 6.07) is 1.12. The summed E-state index contributed by atoms with van der Waals surface area (Å²) in [5.74, 6) is -1.18. The highest BCUT2D eigenvalue weighted by molar-refractivity contribution is 6.28. The van der Waals surface area contributed by atoms with Crippen molar-refractivity contribution >= 4 is 17.5 Å². The molecule has 31 heavy (non-hydrogen) atoms. The molecule has 0 aliphatic rings. The van der Waals surface area contributed by atoms with Crippen molar-refractivity contribution in [2.75, 3.05) is 0 Å². The van der Waals surface area contributed by atoms with Gasteiger partial charge in [-0.05, 0) is 42.8 Å². The second-order valence-electron chi connectivity index (χ2n) is 6.19. The number of alkyl halides is 6. The lowest BCUT2D eigenvalue weighted by Gasteiger charge is -2.15. The van der Waals surface area contributed by atoms with E-state index in [-0.39, 0.29) is 23.1 Å². The predicted molar refractivity (Wildman–Crippen MR) is 94.3 cm³/mol. The summed E-state index contributed by atoms with van der Waals surface area (Å²) in [6.45, 7) is 1.37. The molecular formula is C17H11ClF6N6O. The maximum absolute atomic E-state index is 13.0. The zero-order valence-corrected chi connectivity index (χ0v) is 16.1. The molecule has 1 unspecified atom stereocenters. The molecule has 14 heteroatoms. The lowest BCUT2D eigenvalue weighted by molar-refractivity contribution is -0.143. The predicted octanol–water partition coefficient (Wildman–Crippen LogP) is 4.24. The van der Waals surface area contributed by atoms with E-state index in [4.69, 9.17) is 11.6 Å². The molecule has 7 nitrogen and oxygen atoms in total. The van der Waals surface area contributed by atoms with Gasteiger partial charge in [0.05, 0.1) is 17.2 Å². The van der Waals surface area contributed by atoms with Gasteiger partial charge in [0.2, 0.25) is 5.28 Å². The van der Waals surface area contributed by atoms with Crippen LogP contribution in [0.3, 0.4) is 0 Å². The van der Waals surface area contributed by atoms with Gasteiger partial charge in [0.15, 0.2) is 5.82 Å². The van der Waals surface area contributed by atoms with E-state index in [2.05, 4.69) is 25.4 Å². The van der Waals surface area contributed by atoms with Gasteiger partial charge in [-0.1, -0.05) is 0 Å². The Balaban J connectivity index is 1.88. The zero-order valence-electron chi connectivity index (χ0n) is 15.3. The monoisotopic (exact) mass is 464 g/mol. The van der Waals surface area contributed by atoms with Crippen molar-refractivity contribution in [3.8, 4) is 5.95 Å². The number of amides is 1. The average Bonchev–Trinajstić information content (AvgIpc) is 3.09. The number of hydrogen-bond donors (Lipinski definition) is 1. The molecule has 1 amide bonds. The van der Waals surface area contributed by atoms with Crippen molar-refractivity contribution < 1.29 is 31.1 Å². The molecule has 0 spiro atoms. The first-order chi connectivity index (χ1) is 14.4. The smallest absolute Gasteiger partial charge is 0.342 e. The van der Waals surface area contributed by atoms with Crippen LogP contribution in [0.25, 0.3) is 5.95 Å². The van der Waals surface area contributed by atoms with Crippen molar-refractivity contribution in [3.05, 3.63) is 64.5 Å². The van der Waals surface area contributed by atoms with Crippen molar-refractivity contribution in [2.24, 2.45) is 0 Å². The molecular weight excluding hydrogens is 454 g/mol.